The third-order valence-electron chi connectivity index (χ3n) is 4.77. The second-order valence-electron chi connectivity index (χ2n) is 7.09. The minimum Gasteiger partial charge on any atom is -0.447 e. The normalized spacial score (nSPS) is 12.0. The van der Waals surface area contributed by atoms with Gasteiger partial charge in [0.25, 0.3) is 15.6 Å². The van der Waals surface area contributed by atoms with Gasteiger partial charge in [-0.1, -0.05) is 48.2 Å². The van der Waals surface area contributed by atoms with Crippen LogP contribution in [0.3, 0.4) is 0 Å². The Hall–Kier alpha value is -2.66. The molecule has 10 heteroatoms. The number of rotatable bonds is 8. The zero-order chi connectivity index (χ0) is 22.9. The molecule has 0 fully saturated rings. The largest absolute Gasteiger partial charge is 0.447 e. The molecule has 0 aliphatic heterocycles. The number of thiophene rings is 1. The van der Waals surface area contributed by atoms with E-state index in [1.54, 1.807) is 16.7 Å². The van der Waals surface area contributed by atoms with Crippen LogP contribution in [0.5, 0.6) is 0 Å². The third-order valence-corrected chi connectivity index (χ3v) is 8.33. The molecule has 4 rings (SSSR count). The minimum atomic E-state index is -3.64. The van der Waals surface area contributed by atoms with E-state index >= 15 is 0 Å². The van der Waals surface area contributed by atoms with Crippen LogP contribution in [0.25, 0.3) is 21.3 Å². The summed E-state index contributed by atoms with van der Waals surface area (Å²) >= 11 is 2.74. The van der Waals surface area contributed by atoms with E-state index in [4.69, 9.17) is 9.40 Å². The molecule has 4 aromatic rings. The number of hydrogen-bond acceptors (Lipinski definition) is 7. The predicted molar refractivity (Wildman–Crippen MR) is 129 cm³/mol. The molecule has 7 nitrogen and oxygen atoms in total. The summed E-state index contributed by atoms with van der Waals surface area (Å²) in [6, 6.07) is 12.8. The number of furan rings is 1. The summed E-state index contributed by atoms with van der Waals surface area (Å²) in [5.41, 5.74) is 1.70. The van der Waals surface area contributed by atoms with Crippen molar-refractivity contribution in [2.45, 2.75) is 22.5 Å². The van der Waals surface area contributed by atoms with Crippen LogP contribution in [-0.2, 0) is 22.3 Å². The van der Waals surface area contributed by atoms with Gasteiger partial charge in [-0.05, 0) is 17.7 Å². The molecule has 3 aromatic heterocycles. The first-order valence-electron chi connectivity index (χ1n) is 9.65. The van der Waals surface area contributed by atoms with Crippen LogP contribution in [0, 0.1) is 0 Å². The molecular formula is C22H21N3O4S3. The van der Waals surface area contributed by atoms with Gasteiger partial charge in [-0.3, -0.25) is 9.36 Å². The summed E-state index contributed by atoms with van der Waals surface area (Å²) in [5.74, 6) is 0.806. The first-order valence-corrected chi connectivity index (χ1v) is 13.0. The van der Waals surface area contributed by atoms with Gasteiger partial charge >= 0.3 is 0 Å². The topological polar surface area (TPSA) is 85.4 Å². The Morgan fingerprint density at radius 2 is 1.97 bits per heavy atom. The molecule has 1 aromatic carbocycles. The smallest absolute Gasteiger partial charge is 0.275 e. The fourth-order valence-corrected chi connectivity index (χ4v) is 5.83. The van der Waals surface area contributed by atoms with Crippen LogP contribution in [0.4, 0.5) is 0 Å². The highest BCUT2D eigenvalue weighted by Crippen LogP contribution is 2.33. The Kier molecular flexibility index (Phi) is 6.38. The zero-order valence-electron chi connectivity index (χ0n) is 17.5. The summed E-state index contributed by atoms with van der Waals surface area (Å²) in [5, 5.41) is 2.95. The molecule has 0 spiro atoms. The van der Waals surface area contributed by atoms with Crippen LogP contribution < -0.4 is 5.56 Å². The Morgan fingerprint density at radius 1 is 1.22 bits per heavy atom. The highest BCUT2D eigenvalue weighted by atomic mass is 32.2. The van der Waals surface area contributed by atoms with Gasteiger partial charge in [0.05, 0.1) is 11.1 Å². The van der Waals surface area contributed by atoms with E-state index in [-0.39, 0.29) is 10.7 Å². The number of allylic oxidation sites excluding steroid dienone is 1. The zero-order valence-corrected chi connectivity index (χ0v) is 20.0. The molecule has 0 saturated carbocycles. The standard InChI is InChI=1S/C22H21N3O4S3/c1-4-12-25-21(26)19-17(15-8-6-5-7-9-15)14-30-20(19)23-22(25)31-13-16-10-11-18(29-16)32(27,28)24(2)3/h4-11,14H,1,12-13H2,2-3H3. The molecule has 3 heterocycles. The molecule has 0 N–H and O–H groups in total. The third kappa shape index (κ3) is 4.18. The lowest BCUT2D eigenvalue weighted by Crippen LogP contribution is -2.22. The van der Waals surface area contributed by atoms with E-state index in [1.165, 1.54) is 43.3 Å². The maximum Gasteiger partial charge on any atom is 0.275 e. The number of hydrogen-bond donors (Lipinski definition) is 0. The van der Waals surface area contributed by atoms with Gasteiger partial charge in [0.2, 0.25) is 5.09 Å². The lowest BCUT2D eigenvalue weighted by Gasteiger charge is -2.10. The van der Waals surface area contributed by atoms with E-state index in [1.807, 2.05) is 35.7 Å². The summed E-state index contributed by atoms with van der Waals surface area (Å²) in [7, 11) is -0.743. The van der Waals surface area contributed by atoms with Gasteiger partial charge in [0.1, 0.15) is 10.6 Å². The average Bonchev–Trinajstić information content (AvgIpc) is 3.43. The Morgan fingerprint density at radius 3 is 2.66 bits per heavy atom. The molecule has 0 bridgehead atoms. The lowest BCUT2D eigenvalue weighted by atomic mass is 10.1. The van der Waals surface area contributed by atoms with Gasteiger partial charge in [0.15, 0.2) is 5.16 Å². The van der Waals surface area contributed by atoms with Crippen molar-refractivity contribution in [1.29, 1.82) is 0 Å². The average molecular weight is 488 g/mol. The van der Waals surface area contributed by atoms with Crippen LogP contribution in [0.2, 0.25) is 0 Å². The number of aromatic nitrogens is 2. The molecule has 0 radical (unpaired) electrons. The van der Waals surface area contributed by atoms with Gasteiger partial charge in [-0.15, -0.1) is 17.9 Å². The van der Waals surface area contributed by atoms with Gasteiger partial charge in [-0.25, -0.2) is 17.7 Å². The molecule has 166 valence electrons. The van der Waals surface area contributed by atoms with E-state index in [9.17, 15) is 13.2 Å². The first kappa shape index (κ1) is 22.5. The Balaban J connectivity index is 1.69. The Bertz CT molecular complexity index is 1430. The molecule has 0 amide bonds. The summed E-state index contributed by atoms with van der Waals surface area (Å²) in [4.78, 5) is 18.8. The number of thioether (sulfide) groups is 1. The van der Waals surface area contributed by atoms with Crippen LogP contribution in [0.1, 0.15) is 5.76 Å². The van der Waals surface area contributed by atoms with Crippen molar-refractivity contribution >= 4 is 43.3 Å². The molecule has 0 saturated heterocycles. The monoisotopic (exact) mass is 487 g/mol. The van der Waals surface area contributed by atoms with E-state index in [0.29, 0.717) is 33.4 Å². The van der Waals surface area contributed by atoms with Gasteiger partial charge in [-0.2, -0.15) is 0 Å². The molecule has 32 heavy (non-hydrogen) atoms. The maximum atomic E-state index is 13.4. The SMILES string of the molecule is C=CCn1c(SCc2ccc(S(=O)(=O)N(C)C)o2)nc2scc(-c3ccccc3)c2c1=O. The van der Waals surface area contributed by atoms with Crippen molar-refractivity contribution in [2.75, 3.05) is 14.1 Å². The second kappa shape index (κ2) is 9.07. The molecule has 0 unspecified atom stereocenters. The van der Waals surface area contributed by atoms with Crippen molar-refractivity contribution < 1.29 is 12.8 Å². The number of fused-ring (bicyclic) bond motifs is 1. The van der Waals surface area contributed by atoms with Crippen molar-refractivity contribution in [2.24, 2.45) is 0 Å². The lowest BCUT2D eigenvalue weighted by molar-refractivity contribution is 0.408. The van der Waals surface area contributed by atoms with Crippen molar-refractivity contribution in [3.05, 3.63) is 76.6 Å². The van der Waals surface area contributed by atoms with Crippen LogP contribution >= 0.6 is 23.1 Å². The fourth-order valence-electron chi connectivity index (χ4n) is 3.13. The highest BCUT2D eigenvalue weighted by Gasteiger charge is 2.22. The molecule has 0 aliphatic carbocycles. The maximum absolute atomic E-state index is 13.4. The molecule has 0 aliphatic rings. The van der Waals surface area contributed by atoms with Crippen LogP contribution in [-0.4, -0.2) is 36.4 Å². The van der Waals surface area contributed by atoms with Gasteiger partial charge < -0.3 is 4.42 Å². The van der Waals surface area contributed by atoms with E-state index < -0.39 is 10.0 Å². The molecule has 0 atom stereocenters. The Labute approximate surface area is 194 Å². The van der Waals surface area contributed by atoms with E-state index in [0.717, 1.165) is 15.4 Å². The van der Waals surface area contributed by atoms with Gasteiger partial charge in [0, 0.05) is 31.6 Å². The van der Waals surface area contributed by atoms with Crippen molar-refractivity contribution in [1.82, 2.24) is 13.9 Å². The number of benzene rings is 1. The second-order valence-corrected chi connectivity index (χ2v) is 11.0. The quantitative estimate of drug-likeness (QED) is 0.207. The number of sulfonamides is 1. The predicted octanol–water partition coefficient (Wildman–Crippen LogP) is 4.45. The van der Waals surface area contributed by atoms with Crippen molar-refractivity contribution in [3.63, 3.8) is 0 Å². The molecular weight excluding hydrogens is 466 g/mol. The summed E-state index contributed by atoms with van der Waals surface area (Å²) in [6.45, 7) is 4.08. The summed E-state index contributed by atoms with van der Waals surface area (Å²) < 4.78 is 32.7. The van der Waals surface area contributed by atoms with Crippen molar-refractivity contribution in [3.8, 4) is 11.1 Å². The van der Waals surface area contributed by atoms with Crippen LogP contribution in [0.15, 0.2) is 80.0 Å². The number of nitrogens with zero attached hydrogens (tertiary/aromatic N) is 3. The minimum absolute atomic E-state index is 0.115. The highest BCUT2D eigenvalue weighted by molar-refractivity contribution is 7.98. The summed E-state index contributed by atoms with van der Waals surface area (Å²) in [6.07, 6.45) is 1.65. The fraction of sp³-hybridized carbons (Fsp3) is 0.182. The van der Waals surface area contributed by atoms with E-state index in [2.05, 4.69) is 6.58 Å². The first-order chi connectivity index (χ1) is 15.3.